The van der Waals surface area contributed by atoms with E-state index in [4.69, 9.17) is 4.42 Å². The van der Waals surface area contributed by atoms with E-state index in [1.807, 2.05) is 12.1 Å². The number of furan rings is 1. The van der Waals surface area contributed by atoms with Gasteiger partial charge in [0.2, 0.25) is 0 Å². The van der Waals surface area contributed by atoms with Crippen LogP contribution in [0.5, 0.6) is 0 Å². The minimum atomic E-state index is 0.946. The van der Waals surface area contributed by atoms with Crippen LogP contribution < -0.4 is 0 Å². The lowest BCUT2D eigenvalue weighted by atomic mass is 10.0. The summed E-state index contributed by atoms with van der Waals surface area (Å²) < 4.78 is 6.07. The molecular formula is C19H15NOS2. The van der Waals surface area contributed by atoms with Crippen molar-refractivity contribution >= 4 is 67.1 Å². The molecule has 0 atom stereocenters. The summed E-state index contributed by atoms with van der Waals surface area (Å²) in [7, 11) is 0. The summed E-state index contributed by atoms with van der Waals surface area (Å²) in [5.41, 5.74) is 5.45. The second-order valence-corrected chi connectivity index (χ2v) is 5.59. The van der Waals surface area contributed by atoms with Crippen LogP contribution in [-0.4, -0.2) is 4.98 Å². The number of para-hydroxylation sites is 2. The Labute approximate surface area is 143 Å². The van der Waals surface area contributed by atoms with Crippen LogP contribution in [0.15, 0.2) is 59.0 Å². The Hall–Kier alpha value is -2.04. The monoisotopic (exact) mass is 337 g/mol. The predicted octanol–water partition coefficient (Wildman–Crippen LogP) is 6.29. The summed E-state index contributed by atoms with van der Waals surface area (Å²) in [6.07, 6.45) is 0. The minimum Gasteiger partial charge on any atom is -0.456 e. The van der Waals surface area contributed by atoms with Crippen molar-refractivity contribution in [3.63, 3.8) is 0 Å². The minimum absolute atomic E-state index is 0.946. The van der Waals surface area contributed by atoms with Crippen LogP contribution >= 0.6 is 23.3 Å². The van der Waals surface area contributed by atoms with Crippen LogP contribution in [0.1, 0.15) is 5.56 Å². The zero-order valence-electron chi connectivity index (χ0n) is 12.5. The Morgan fingerprint density at radius 1 is 0.870 bits per heavy atom. The fourth-order valence-electron chi connectivity index (χ4n) is 3.36. The normalized spacial score (nSPS) is 11.3. The number of aromatic amines is 1. The first-order chi connectivity index (χ1) is 11.3. The molecule has 0 saturated heterocycles. The first-order valence-electron chi connectivity index (χ1n) is 7.34. The van der Waals surface area contributed by atoms with Crippen molar-refractivity contribution in [2.45, 2.75) is 6.92 Å². The van der Waals surface area contributed by atoms with Crippen molar-refractivity contribution in [3.05, 3.63) is 60.2 Å². The summed E-state index contributed by atoms with van der Waals surface area (Å²) >= 11 is 6.44. The zero-order valence-corrected chi connectivity index (χ0v) is 14.3. The van der Waals surface area contributed by atoms with Crippen molar-refractivity contribution in [2.24, 2.45) is 0 Å². The van der Waals surface area contributed by atoms with Gasteiger partial charge in [-0.15, -0.1) is 23.3 Å². The van der Waals surface area contributed by atoms with Gasteiger partial charge in [0.1, 0.15) is 11.2 Å². The fraction of sp³-hybridized carbons (Fsp3) is 0.0526. The first-order valence-corrected chi connectivity index (χ1v) is 8.94. The molecule has 1 N–H and O–H groups in total. The molecule has 4 heteroatoms. The van der Waals surface area contributed by atoms with E-state index in [1.165, 1.54) is 38.1 Å². The molecule has 3 aromatic carbocycles. The predicted molar refractivity (Wildman–Crippen MR) is 106 cm³/mol. The smallest absolute Gasteiger partial charge is 0.140 e. The molecule has 0 aliphatic rings. The summed E-state index contributed by atoms with van der Waals surface area (Å²) in [6.45, 7) is 2.12. The number of aryl methyl sites for hydroxylation is 1. The topological polar surface area (TPSA) is 28.9 Å². The van der Waals surface area contributed by atoms with Gasteiger partial charge in [-0.05, 0) is 30.7 Å². The molecule has 0 radical (unpaired) electrons. The molecule has 0 unspecified atom stereocenters. The third-order valence-corrected chi connectivity index (χ3v) is 4.31. The van der Waals surface area contributed by atoms with E-state index >= 15 is 0 Å². The second-order valence-electron chi connectivity index (χ2n) is 5.59. The standard InChI is InChI=1S/C19H13NO.H2S2/c1-11-10-14-12-6-2-4-8-15(12)20-18(14)17-13-7-3-5-9-16(13)21-19(11)17;1-2/h2-10,20H,1H3;1-2H. The molecule has 2 nitrogen and oxygen atoms in total. The van der Waals surface area contributed by atoms with Crippen LogP contribution in [0.2, 0.25) is 0 Å². The van der Waals surface area contributed by atoms with Crippen LogP contribution in [0, 0.1) is 6.92 Å². The molecule has 114 valence electrons. The van der Waals surface area contributed by atoms with Crippen LogP contribution in [-0.2, 0) is 0 Å². The van der Waals surface area contributed by atoms with Gasteiger partial charge in [0.25, 0.3) is 0 Å². The number of nitrogens with one attached hydrogen (secondary N) is 1. The van der Waals surface area contributed by atoms with Gasteiger partial charge in [0.05, 0.1) is 10.9 Å². The van der Waals surface area contributed by atoms with E-state index in [9.17, 15) is 0 Å². The highest BCUT2D eigenvalue weighted by Gasteiger charge is 2.15. The molecular weight excluding hydrogens is 322 g/mol. The molecule has 2 heterocycles. The van der Waals surface area contributed by atoms with Gasteiger partial charge in [-0.1, -0.05) is 36.4 Å². The number of H-pyrrole nitrogens is 1. The summed E-state index contributed by atoms with van der Waals surface area (Å²) in [6, 6.07) is 18.9. The van der Waals surface area contributed by atoms with E-state index < -0.39 is 0 Å². The lowest BCUT2D eigenvalue weighted by molar-refractivity contribution is 0.666. The van der Waals surface area contributed by atoms with Crippen molar-refractivity contribution < 1.29 is 4.42 Å². The average Bonchev–Trinajstić information content (AvgIpc) is 3.16. The Morgan fingerprint density at radius 2 is 1.57 bits per heavy atom. The molecule has 0 aliphatic heterocycles. The van der Waals surface area contributed by atoms with Gasteiger partial charge in [0, 0.05) is 21.7 Å². The molecule has 2 aromatic heterocycles. The average molecular weight is 337 g/mol. The quantitative estimate of drug-likeness (QED) is 0.225. The van der Waals surface area contributed by atoms with Gasteiger partial charge >= 0.3 is 0 Å². The van der Waals surface area contributed by atoms with Gasteiger partial charge in [0.15, 0.2) is 0 Å². The van der Waals surface area contributed by atoms with Crippen molar-refractivity contribution in [1.82, 2.24) is 4.98 Å². The third kappa shape index (κ3) is 2.06. The van der Waals surface area contributed by atoms with Gasteiger partial charge in [-0.2, -0.15) is 0 Å². The van der Waals surface area contributed by atoms with E-state index in [0.29, 0.717) is 0 Å². The highest BCUT2D eigenvalue weighted by Crippen LogP contribution is 2.38. The van der Waals surface area contributed by atoms with Crippen LogP contribution in [0.4, 0.5) is 0 Å². The summed E-state index contributed by atoms with van der Waals surface area (Å²) in [5.74, 6) is 0. The number of aromatic nitrogens is 1. The Morgan fingerprint density at radius 3 is 2.39 bits per heavy atom. The number of hydrogen-bond donors (Lipinski definition) is 3. The van der Waals surface area contributed by atoms with Crippen molar-refractivity contribution in [3.8, 4) is 0 Å². The number of rotatable bonds is 0. The molecule has 0 saturated carbocycles. The first kappa shape index (κ1) is 14.5. The van der Waals surface area contributed by atoms with Crippen molar-refractivity contribution in [2.75, 3.05) is 0 Å². The summed E-state index contributed by atoms with van der Waals surface area (Å²) in [4.78, 5) is 3.57. The Balaban J connectivity index is 0.000000652. The maximum absolute atomic E-state index is 6.07. The number of fused-ring (bicyclic) bond motifs is 7. The van der Waals surface area contributed by atoms with E-state index in [-0.39, 0.29) is 0 Å². The molecule has 0 spiro atoms. The van der Waals surface area contributed by atoms with E-state index in [2.05, 4.69) is 77.7 Å². The highest BCUT2D eigenvalue weighted by molar-refractivity contribution is 8.59. The molecule has 5 rings (SSSR count). The highest BCUT2D eigenvalue weighted by atomic mass is 33.1. The van der Waals surface area contributed by atoms with Gasteiger partial charge in [-0.25, -0.2) is 0 Å². The lowest BCUT2D eigenvalue weighted by Gasteiger charge is -1.98. The Kier molecular flexibility index (Phi) is 3.51. The van der Waals surface area contributed by atoms with Crippen LogP contribution in [0.25, 0.3) is 43.7 Å². The van der Waals surface area contributed by atoms with E-state index in [0.717, 1.165) is 11.2 Å². The largest absolute Gasteiger partial charge is 0.456 e. The molecule has 0 aliphatic carbocycles. The number of hydrogen-bond acceptors (Lipinski definition) is 3. The zero-order chi connectivity index (χ0) is 16.0. The number of benzene rings is 3. The molecule has 0 amide bonds. The maximum atomic E-state index is 6.07. The summed E-state index contributed by atoms with van der Waals surface area (Å²) in [5, 5.41) is 4.90. The molecule has 0 bridgehead atoms. The van der Waals surface area contributed by atoms with Crippen molar-refractivity contribution in [1.29, 1.82) is 0 Å². The molecule has 23 heavy (non-hydrogen) atoms. The Bertz CT molecular complexity index is 1150. The van der Waals surface area contributed by atoms with Gasteiger partial charge < -0.3 is 9.40 Å². The third-order valence-electron chi connectivity index (χ3n) is 4.31. The molecule has 5 aromatic rings. The van der Waals surface area contributed by atoms with Gasteiger partial charge in [-0.3, -0.25) is 0 Å². The maximum Gasteiger partial charge on any atom is 0.140 e. The molecule has 0 fully saturated rings. The fourth-order valence-corrected chi connectivity index (χ4v) is 3.36. The van der Waals surface area contributed by atoms with E-state index in [1.54, 1.807) is 0 Å². The second kappa shape index (κ2) is 5.55. The van der Waals surface area contributed by atoms with Crippen LogP contribution in [0.3, 0.4) is 0 Å². The SMILES string of the molecule is Cc1cc2c3ccccc3[nH]c2c2c1oc1ccccc12.SS. The lowest BCUT2D eigenvalue weighted by Crippen LogP contribution is -1.76. The number of thiol groups is 2.